The first-order valence-electron chi connectivity index (χ1n) is 6.60. The first-order chi connectivity index (χ1) is 9.33. The molecule has 1 aromatic heterocycles. The number of ether oxygens (including phenoxy) is 1. The summed E-state index contributed by atoms with van der Waals surface area (Å²) in [6, 6.07) is 14.5. The van der Waals surface area contributed by atoms with Crippen molar-refractivity contribution >= 4 is 0 Å². The smallest absolute Gasteiger partial charge is 0.118 e. The van der Waals surface area contributed by atoms with Crippen molar-refractivity contribution in [2.75, 3.05) is 13.7 Å². The van der Waals surface area contributed by atoms with Crippen LogP contribution in [0.25, 0.3) is 0 Å². The number of rotatable bonds is 6. The van der Waals surface area contributed by atoms with Gasteiger partial charge in [0.2, 0.25) is 0 Å². The lowest BCUT2D eigenvalue weighted by molar-refractivity contribution is 0.414. The summed E-state index contributed by atoms with van der Waals surface area (Å²) in [5.41, 5.74) is 2.36. The zero-order valence-corrected chi connectivity index (χ0v) is 11.5. The molecule has 3 nitrogen and oxygen atoms in total. The Morgan fingerprint density at radius 3 is 2.53 bits per heavy atom. The monoisotopic (exact) mass is 256 g/mol. The maximum atomic E-state index is 5.19. The Kier molecular flexibility index (Phi) is 4.93. The van der Waals surface area contributed by atoms with E-state index in [2.05, 4.69) is 35.4 Å². The molecule has 3 heteroatoms. The molecule has 0 saturated heterocycles. The van der Waals surface area contributed by atoms with E-state index in [-0.39, 0.29) is 6.04 Å². The number of pyridine rings is 1. The van der Waals surface area contributed by atoms with Crippen molar-refractivity contribution in [1.82, 2.24) is 10.3 Å². The SMILES string of the molecule is CCNC(Cc1ccccn1)c1ccc(OC)cc1. The first kappa shape index (κ1) is 13.6. The normalized spacial score (nSPS) is 12.1. The van der Waals surface area contributed by atoms with Gasteiger partial charge in [-0.2, -0.15) is 0 Å². The summed E-state index contributed by atoms with van der Waals surface area (Å²) in [6.45, 7) is 3.05. The molecule has 1 heterocycles. The number of methoxy groups -OCH3 is 1. The van der Waals surface area contributed by atoms with Crippen LogP contribution >= 0.6 is 0 Å². The minimum atomic E-state index is 0.283. The van der Waals surface area contributed by atoms with Gasteiger partial charge in [0.1, 0.15) is 5.75 Å². The van der Waals surface area contributed by atoms with E-state index >= 15 is 0 Å². The Bertz CT molecular complexity index is 482. The standard InChI is InChI=1S/C16H20N2O/c1-3-17-16(12-14-6-4-5-11-18-14)13-7-9-15(19-2)10-8-13/h4-11,16-17H,3,12H2,1-2H3. The van der Waals surface area contributed by atoms with E-state index in [4.69, 9.17) is 4.74 Å². The van der Waals surface area contributed by atoms with Crippen molar-refractivity contribution in [2.24, 2.45) is 0 Å². The van der Waals surface area contributed by atoms with Crippen LogP contribution in [0, 0.1) is 0 Å². The molecule has 0 aliphatic heterocycles. The fraction of sp³-hybridized carbons (Fsp3) is 0.312. The number of benzene rings is 1. The second-order valence-corrected chi connectivity index (χ2v) is 4.41. The van der Waals surface area contributed by atoms with Crippen molar-refractivity contribution in [3.63, 3.8) is 0 Å². The Morgan fingerprint density at radius 2 is 1.95 bits per heavy atom. The van der Waals surface area contributed by atoms with Gasteiger partial charge in [0, 0.05) is 24.4 Å². The second kappa shape index (κ2) is 6.90. The first-order valence-corrected chi connectivity index (χ1v) is 6.60. The largest absolute Gasteiger partial charge is 0.497 e. The molecular formula is C16H20N2O. The molecule has 1 aromatic carbocycles. The molecule has 0 amide bonds. The summed E-state index contributed by atoms with van der Waals surface area (Å²) in [5.74, 6) is 0.886. The van der Waals surface area contributed by atoms with Crippen LogP contribution in [0.5, 0.6) is 5.75 Å². The Morgan fingerprint density at radius 1 is 1.16 bits per heavy atom. The number of nitrogens with zero attached hydrogens (tertiary/aromatic N) is 1. The molecule has 2 rings (SSSR count). The summed E-state index contributed by atoms with van der Waals surface area (Å²) in [4.78, 5) is 4.40. The Labute approximate surface area is 114 Å². The minimum Gasteiger partial charge on any atom is -0.497 e. The van der Waals surface area contributed by atoms with Crippen LogP contribution in [-0.2, 0) is 6.42 Å². The number of likely N-dealkylation sites (N-methyl/N-ethyl adjacent to an activating group) is 1. The van der Waals surface area contributed by atoms with E-state index in [0.29, 0.717) is 0 Å². The fourth-order valence-electron chi connectivity index (χ4n) is 2.12. The third-order valence-electron chi connectivity index (χ3n) is 3.11. The summed E-state index contributed by atoms with van der Waals surface area (Å²) < 4.78 is 5.19. The third-order valence-corrected chi connectivity index (χ3v) is 3.11. The van der Waals surface area contributed by atoms with Crippen LogP contribution in [0.15, 0.2) is 48.7 Å². The summed E-state index contributed by atoms with van der Waals surface area (Å²) in [5, 5.41) is 3.50. The van der Waals surface area contributed by atoms with E-state index in [0.717, 1.165) is 24.4 Å². The molecule has 0 radical (unpaired) electrons. The number of hydrogen-bond acceptors (Lipinski definition) is 3. The molecule has 0 aliphatic rings. The number of hydrogen-bond donors (Lipinski definition) is 1. The highest BCUT2D eigenvalue weighted by Gasteiger charge is 2.11. The zero-order chi connectivity index (χ0) is 13.5. The van der Waals surface area contributed by atoms with Crippen LogP contribution in [-0.4, -0.2) is 18.6 Å². The van der Waals surface area contributed by atoms with Gasteiger partial charge in [0.15, 0.2) is 0 Å². The lowest BCUT2D eigenvalue weighted by Gasteiger charge is -2.18. The number of nitrogens with one attached hydrogen (secondary N) is 1. The molecule has 1 atom stereocenters. The average molecular weight is 256 g/mol. The van der Waals surface area contributed by atoms with E-state index in [1.54, 1.807) is 7.11 Å². The maximum Gasteiger partial charge on any atom is 0.118 e. The lowest BCUT2D eigenvalue weighted by atomic mass is 10.0. The molecular weight excluding hydrogens is 236 g/mol. The highest BCUT2D eigenvalue weighted by Crippen LogP contribution is 2.20. The predicted molar refractivity (Wildman–Crippen MR) is 77.4 cm³/mol. The van der Waals surface area contributed by atoms with Gasteiger partial charge in [-0.15, -0.1) is 0 Å². The van der Waals surface area contributed by atoms with Crippen molar-refractivity contribution in [3.05, 3.63) is 59.9 Å². The molecule has 1 N–H and O–H groups in total. The summed E-state index contributed by atoms with van der Waals surface area (Å²) in [7, 11) is 1.69. The summed E-state index contributed by atoms with van der Waals surface area (Å²) >= 11 is 0. The Hall–Kier alpha value is -1.87. The number of aromatic nitrogens is 1. The van der Waals surface area contributed by atoms with Gasteiger partial charge in [-0.3, -0.25) is 4.98 Å². The van der Waals surface area contributed by atoms with Crippen molar-refractivity contribution < 1.29 is 4.74 Å². The van der Waals surface area contributed by atoms with Gasteiger partial charge in [0.25, 0.3) is 0 Å². The molecule has 100 valence electrons. The molecule has 0 aliphatic carbocycles. The molecule has 0 spiro atoms. The van der Waals surface area contributed by atoms with Gasteiger partial charge in [0.05, 0.1) is 7.11 Å². The average Bonchev–Trinajstić information content (AvgIpc) is 2.48. The van der Waals surface area contributed by atoms with E-state index < -0.39 is 0 Å². The topological polar surface area (TPSA) is 34.2 Å². The fourth-order valence-corrected chi connectivity index (χ4v) is 2.12. The lowest BCUT2D eigenvalue weighted by Crippen LogP contribution is -2.23. The van der Waals surface area contributed by atoms with Gasteiger partial charge >= 0.3 is 0 Å². The van der Waals surface area contributed by atoms with Crippen molar-refractivity contribution in [1.29, 1.82) is 0 Å². The highest BCUT2D eigenvalue weighted by molar-refractivity contribution is 5.29. The van der Waals surface area contributed by atoms with E-state index in [1.165, 1.54) is 5.56 Å². The quantitative estimate of drug-likeness (QED) is 0.862. The predicted octanol–water partition coefficient (Wildman–Crippen LogP) is 2.98. The van der Waals surface area contributed by atoms with Gasteiger partial charge in [-0.25, -0.2) is 0 Å². The van der Waals surface area contributed by atoms with Crippen LogP contribution in [0.1, 0.15) is 24.2 Å². The zero-order valence-electron chi connectivity index (χ0n) is 11.5. The highest BCUT2D eigenvalue weighted by atomic mass is 16.5. The second-order valence-electron chi connectivity index (χ2n) is 4.41. The minimum absolute atomic E-state index is 0.283. The van der Waals surface area contributed by atoms with E-state index in [1.807, 2.05) is 30.5 Å². The summed E-state index contributed by atoms with van der Waals surface area (Å²) in [6.07, 6.45) is 2.73. The Balaban J connectivity index is 2.14. The van der Waals surface area contributed by atoms with Crippen LogP contribution in [0.3, 0.4) is 0 Å². The van der Waals surface area contributed by atoms with Crippen LogP contribution in [0.4, 0.5) is 0 Å². The maximum absolute atomic E-state index is 5.19. The molecule has 0 saturated carbocycles. The van der Waals surface area contributed by atoms with Crippen molar-refractivity contribution in [2.45, 2.75) is 19.4 Å². The molecule has 0 bridgehead atoms. The molecule has 0 fully saturated rings. The van der Waals surface area contributed by atoms with Crippen LogP contribution < -0.4 is 10.1 Å². The van der Waals surface area contributed by atoms with Gasteiger partial charge < -0.3 is 10.1 Å². The molecule has 1 unspecified atom stereocenters. The van der Waals surface area contributed by atoms with E-state index in [9.17, 15) is 0 Å². The molecule has 2 aromatic rings. The van der Waals surface area contributed by atoms with Crippen LogP contribution in [0.2, 0.25) is 0 Å². The van der Waals surface area contributed by atoms with Gasteiger partial charge in [-0.1, -0.05) is 25.1 Å². The third kappa shape index (κ3) is 3.80. The van der Waals surface area contributed by atoms with Gasteiger partial charge in [-0.05, 0) is 36.4 Å². The molecule has 19 heavy (non-hydrogen) atoms. The van der Waals surface area contributed by atoms with Crippen molar-refractivity contribution in [3.8, 4) is 5.75 Å².